The number of nitrogens with one attached hydrogen (secondary N) is 1. The number of carboxylic acids is 1. The van der Waals surface area contributed by atoms with Crippen LogP contribution in [0.4, 0.5) is 4.79 Å². The Morgan fingerprint density at radius 2 is 1.83 bits per heavy atom. The third-order valence-corrected chi connectivity index (χ3v) is 3.08. The van der Waals surface area contributed by atoms with Crippen molar-refractivity contribution in [3.8, 4) is 0 Å². The fourth-order valence-electron chi connectivity index (χ4n) is 1.79. The van der Waals surface area contributed by atoms with E-state index in [1.807, 2.05) is 6.07 Å². The molecule has 0 aliphatic carbocycles. The highest BCUT2D eigenvalue weighted by Gasteiger charge is 2.22. The maximum atomic E-state index is 11.6. The molecule has 0 spiro atoms. The van der Waals surface area contributed by atoms with Crippen LogP contribution in [0.15, 0.2) is 30.3 Å². The molecule has 2 N–H and O–H groups in total. The highest BCUT2D eigenvalue weighted by Crippen LogP contribution is 2.04. The summed E-state index contributed by atoms with van der Waals surface area (Å²) in [4.78, 5) is 45.2. The number of methoxy groups -OCH3 is 1. The number of Topliss-reactive ketones (excluding diaryl/α,β-unsaturated/α-hetero) is 1. The van der Waals surface area contributed by atoms with Crippen LogP contribution in [-0.4, -0.2) is 42.1 Å². The molecule has 1 rings (SSSR count). The predicted octanol–water partition coefficient (Wildman–Crippen LogP) is 1.28. The van der Waals surface area contributed by atoms with E-state index in [1.165, 1.54) is 0 Å². The summed E-state index contributed by atoms with van der Waals surface area (Å²) in [5, 5.41) is 11.3. The molecule has 0 saturated heterocycles. The van der Waals surface area contributed by atoms with Gasteiger partial charge in [-0.1, -0.05) is 30.3 Å². The molecule has 1 atom stereocenters. The first-order chi connectivity index (χ1) is 11.4. The highest BCUT2D eigenvalue weighted by atomic mass is 16.5. The van der Waals surface area contributed by atoms with Gasteiger partial charge in [0.15, 0.2) is 0 Å². The summed E-state index contributed by atoms with van der Waals surface area (Å²) in [7, 11) is 1.15. The quantitative estimate of drug-likeness (QED) is 0.514. The van der Waals surface area contributed by atoms with Crippen molar-refractivity contribution in [2.75, 3.05) is 7.11 Å². The molecule has 0 unspecified atom stereocenters. The summed E-state index contributed by atoms with van der Waals surface area (Å²) in [6.07, 6.45) is -1.65. The number of ether oxygens (including phenoxy) is 2. The molecule has 0 radical (unpaired) electrons. The molecule has 1 aromatic rings. The minimum atomic E-state index is -1.29. The molecule has 8 nitrogen and oxygen atoms in total. The lowest BCUT2D eigenvalue weighted by Crippen LogP contribution is -2.41. The van der Waals surface area contributed by atoms with Crippen molar-refractivity contribution < 1.29 is 33.8 Å². The summed E-state index contributed by atoms with van der Waals surface area (Å²) < 4.78 is 9.27. The van der Waals surface area contributed by atoms with E-state index in [0.717, 1.165) is 12.7 Å². The van der Waals surface area contributed by atoms with Crippen LogP contribution in [0, 0.1) is 0 Å². The summed E-state index contributed by atoms with van der Waals surface area (Å²) in [6, 6.07) is 7.61. The number of carbonyl (C=O) groups is 4. The van der Waals surface area contributed by atoms with Gasteiger partial charge in [-0.2, -0.15) is 0 Å². The van der Waals surface area contributed by atoms with Gasteiger partial charge in [0.25, 0.3) is 0 Å². The van der Waals surface area contributed by atoms with Crippen molar-refractivity contribution >= 4 is 23.8 Å². The van der Waals surface area contributed by atoms with Crippen LogP contribution in [0.1, 0.15) is 24.8 Å². The third kappa shape index (κ3) is 7.39. The second kappa shape index (κ2) is 9.98. The topological polar surface area (TPSA) is 119 Å². The van der Waals surface area contributed by atoms with Crippen molar-refractivity contribution in [2.24, 2.45) is 0 Å². The number of rotatable bonds is 9. The average molecular weight is 337 g/mol. The average Bonchev–Trinajstić information content (AvgIpc) is 2.57. The van der Waals surface area contributed by atoms with Crippen molar-refractivity contribution in [1.82, 2.24) is 5.32 Å². The Morgan fingerprint density at radius 1 is 1.17 bits per heavy atom. The highest BCUT2D eigenvalue weighted by molar-refractivity contribution is 5.95. The van der Waals surface area contributed by atoms with Gasteiger partial charge in [0.05, 0.1) is 7.11 Å². The molecule has 130 valence electrons. The Balaban J connectivity index is 2.41. The van der Waals surface area contributed by atoms with Gasteiger partial charge in [0.2, 0.25) is 0 Å². The Labute approximate surface area is 138 Å². The number of esters is 1. The maximum absolute atomic E-state index is 11.6. The lowest BCUT2D eigenvalue weighted by atomic mass is 10.1. The Bertz CT molecular complexity index is 585. The van der Waals surface area contributed by atoms with Gasteiger partial charge < -0.3 is 19.9 Å². The normalized spacial score (nSPS) is 11.2. The van der Waals surface area contributed by atoms with E-state index >= 15 is 0 Å². The first-order valence-corrected chi connectivity index (χ1v) is 7.21. The van der Waals surface area contributed by atoms with E-state index in [9.17, 15) is 19.2 Å². The summed E-state index contributed by atoms with van der Waals surface area (Å²) in [5.41, 5.74) is 0.757. The Morgan fingerprint density at radius 3 is 2.42 bits per heavy atom. The van der Waals surface area contributed by atoms with Crippen LogP contribution in [0.5, 0.6) is 0 Å². The van der Waals surface area contributed by atoms with E-state index in [4.69, 9.17) is 9.84 Å². The van der Waals surface area contributed by atoms with E-state index in [2.05, 4.69) is 10.1 Å². The number of carbonyl (C=O) groups excluding carboxylic acids is 3. The second-order valence-electron chi connectivity index (χ2n) is 4.93. The molecular formula is C16H19NO7. The molecule has 0 aliphatic rings. The van der Waals surface area contributed by atoms with Gasteiger partial charge >= 0.3 is 18.0 Å². The van der Waals surface area contributed by atoms with Crippen molar-refractivity contribution in [3.05, 3.63) is 35.9 Å². The van der Waals surface area contributed by atoms with E-state index < -0.39 is 36.3 Å². The fourth-order valence-corrected chi connectivity index (χ4v) is 1.79. The van der Waals surface area contributed by atoms with Gasteiger partial charge in [-0.25, -0.2) is 9.59 Å². The molecule has 0 bridgehead atoms. The molecule has 0 aliphatic heterocycles. The number of ketones is 1. The van der Waals surface area contributed by atoms with E-state index in [-0.39, 0.29) is 19.4 Å². The zero-order chi connectivity index (χ0) is 17.9. The SMILES string of the molecule is COC(=O)CC(=O)CC[C@H](NC(=O)OCc1ccccc1)C(=O)O. The first-order valence-electron chi connectivity index (χ1n) is 7.21. The number of hydrogen-bond donors (Lipinski definition) is 2. The van der Waals surface area contributed by atoms with Crippen LogP contribution < -0.4 is 5.32 Å². The molecule has 1 amide bonds. The Kier molecular flexibility index (Phi) is 7.97. The van der Waals surface area contributed by atoms with Crippen LogP contribution in [-0.2, 0) is 30.5 Å². The van der Waals surface area contributed by atoms with Crippen molar-refractivity contribution in [1.29, 1.82) is 0 Å². The molecule has 24 heavy (non-hydrogen) atoms. The monoisotopic (exact) mass is 337 g/mol. The summed E-state index contributed by atoms with van der Waals surface area (Å²) in [6.45, 7) is 0.000281. The van der Waals surface area contributed by atoms with Gasteiger partial charge in [-0.3, -0.25) is 9.59 Å². The van der Waals surface area contributed by atoms with Crippen molar-refractivity contribution in [2.45, 2.75) is 31.9 Å². The van der Waals surface area contributed by atoms with Gasteiger partial charge in [-0.05, 0) is 12.0 Å². The standard InChI is InChI=1S/C16H19NO7/c1-23-14(19)9-12(18)7-8-13(15(20)21)17-16(22)24-10-11-5-3-2-4-6-11/h2-6,13H,7-10H2,1H3,(H,17,22)(H,20,21)/t13-/m0/s1. The Hall–Kier alpha value is -2.90. The zero-order valence-electron chi connectivity index (χ0n) is 13.2. The second-order valence-corrected chi connectivity index (χ2v) is 4.93. The van der Waals surface area contributed by atoms with E-state index in [0.29, 0.717) is 0 Å². The van der Waals surface area contributed by atoms with Crippen LogP contribution in [0.3, 0.4) is 0 Å². The first kappa shape index (κ1) is 19.1. The number of aliphatic carboxylic acids is 1. The predicted molar refractivity (Wildman–Crippen MR) is 82.1 cm³/mol. The van der Waals surface area contributed by atoms with Gasteiger partial charge in [0, 0.05) is 6.42 Å². The molecule has 0 aromatic heterocycles. The van der Waals surface area contributed by atoms with Gasteiger partial charge in [-0.15, -0.1) is 0 Å². The van der Waals surface area contributed by atoms with Crippen LogP contribution in [0.25, 0.3) is 0 Å². The van der Waals surface area contributed by atoms with E-state index in [1.54, 1.807) is 24.3 Å². The molecule has 8 heteroatoms. The summed E-state index contributed by atoms with van der Waals surface area (Å²) >= 11 is 0. The van der Waals surface area contributed by atoms with Crippen molar-refractivity contribution in [3.63, 3.8) is 0 Å². The third-order valence-electron chi connectivity index (χ3n) is 3.08. The number of benzene rings is 1. The molecule has 0 saturated carbocycles. The maximum Gasteiger partial charge on any atom is 0.408 e. The number of hydrogen-bond acceptors (Lipinski definition) is 6. The fraction of sp³-hybridized carbons (Fsp3) is 0.375. The minimum absolute atomic E-state index is 0.000281. The number of alkyl carbamates (subject to hydrolysis) is 1. The zero-order valence-corrected chi connectivity index (χ0v) is 13.2. The van der Waals surface area contributed by atoms with Crippen LogP contribution in [0.2, 0.25) is 0 Å². The molecular weight excluding hydrogens is 318 g/mol. The summed E-state index contributed by atoms with van der Waals surface area (Å²) in [5.74, 6) is -2.45. The number of carboxylic acid groups (broad SMARTS) is 1. The largest absolute Gasteiger partial charge is 0.480 e. The molecule has 0 fully saturated rings. The molecule has 0 heterocycles. The van der Waals surface area contributed by atoms with Gasteiger partial charge in [0.1, 0.15) is 24.9 Å². The minimum Gasteiger partial charge on any atom is -0.480 e. The lowest BCUT2D eigenvalue weighted by Gasteiger charge is -2.14. The lowest BCUT2D eigenvalue weighted by molar-refractivity contribution is -0.143. The number of amides is 1. The van der Waals surface area contributed by atoms with Crippen LogP contribution >= 0.6 is 0 Å². The smallest absolute Gasteiger partial charge is 0.408 e. The molecule has 1 aromatic carbocycles.